The summed E-state index contributed by atoms with van der Waals surface area (Å²) >= 11 is 5.23. The number of nitrogens with one attached hydrogen (secondary N) is 1. The van der Waals surface area contributed by atoms with Crippen molar-refractivity contribution in [2.75, 3.05) is 0 Å². The lowest BCUT2D eigenvalue weighted by Gasteiger charge is -2.30. The summed E-state index contributed by atoms with van der Waals surface area (Å²) in [7, 11) is 0. The summed E-state index contributed by atoms with van der Waals surface area (Å²) in [6.45, 7) is 10.1. The second kappa shape index (κ2) is 7.00. The van der Waals surface area contributed by atoms with E-state index in [1.54, 1.807) is 11.3 Å². The number of hydrogen-bond donors (Lipinski definition) is 1. The highest BCUT2D eigenvalue weighted by atomic mass is 79.9. The highest BCUT2D eigenvalue weighted by Crippen LogP contribution is 2.24. The molecule has 4 heteroatoms. The number of hydrogen-bond acceptors (Lipinski definition) is 2. The van der Waals surface area contributed by atoms with Crippen LogP contribution in [0.3, 0.4) is 0 Å². The van der Waals surface area contributed by atoms with Gasteiger partial charge in [-0.15, -0.1) is 23.7 Å². The van der Waals surface area contributed by atoms with E-state index in [-0.39, 0.29) is 12.4 Å². The Balaban J connectivity index is 0.00000225. The molecule has 0 amide bonds. The molecule has 1 aromatic rings. The molecule has 1 heterocycles. The van der Waals surface area contributed by atoms with Crippen LogP contribution in [-0.4, -0.2) is 6.04 Å². The summed E-state index contributed by atoms with van der Waals surface area (Å²) in [5, 5.41) is 5.83. The van der Waals surface area contributed by atoms with Crippen molar-refractivity contribution in [3.8, 4) is 0 Å². The molecule has 0 radical (unpaired) electrons. The lowest BCUT2D eigenvalue weighted by atomic mass is 9.85. The summed E-state index contributed by atoms with van der Waals surface area (Å²) < 4.78 is 1.21. The molecule has 0 spiro atoms. The van der Waals surface area contributed by atoms with Gasteiger partial charge in [0.05, 0.1) is 3.79 Å². The van der Waals surface area contributed by atoms with Crippen molar-refractivity contribution in [2.45, 2.75) is 46.7 Å². The molecule has 0 aliphatic carbocycles. The third-order valence-corrected chi connectivity index (χ3v) is 4.18. The van der Waals surface area contributed by atoms with Crippen LogP contribution in [0.2, 0.25) is 0 Å². The smallest absolute Gasteiger partial charge is 0.0701 e. The first kappa shape index (κ1) is 16.4. The first-order valence-electron chi connectivity index (χ1n) is 5.39. The fourth-order valence-corrected chi connectivity index (χ4v) is 2.95. The van der Waals surface area contributed by atoms with E-state index in [1.807, 2.05) is 0 Å². The van der Waals surface area contributed by atoms with Gasteiger partial charge in [0.2, 0.25) is 0 Å². The zero-order chi connectivity index (χ0) is 11.5. The van der Waals surface area contributed by atoms with Crippen LogP contribution in [0, 0.1) is 5.41 Å². The highest BCUT2D eigenvalue weighted by molar-refractivity contribution is 9.11. The molecule has 1 aromatic heterocycles. The molecule has 94 valence electrons. The van der Waals surface area contributed by atoms with Crippen LogP contribution < -0.4 is 5.32 Å². The molecule has 0 aliphatic rings. The van der Waals surface area contributed by atoms with E-state index in [1.165, 1.54) is 15.8 Å². The number of rotatable bonds is 4. The molecule has 1 nitrogen and oxygen atoms in total. The van der Waals surface area contributed by atoms with Crippen LogP contribution >= 0.6 is 39.7 Å². The van der Waals surface area contributed by atoms with Crippen LogP contribution in [0.25, 0.3) is 0 Å². The third-order valence-electron chi connectivity index (χ3n) is 2.63. The molecule has 1 rings (SSSR count). The zero-order valence-corrected chi connectivity index (χ0v) is 13.6. The number of thiophene rings is 1. The van der Waals surface area contributed by atoms with Gasteiger partial charge in [0, 0.05) is 12.6 Å². The van der Waals surface area contributed by atoms with Crippen molar-refractivity contribution in [3.63, 3.8) is 0 Å². The molecule has 0 fully saturated rings. The fraction of sp³-hybridized carbons (Fsp3) is 0.667. The topological polar surface area (TPSA) is 12.0 Å². The minimum atomic E-state index is 0. The Kier molecular flexibility index (Phi) is 7.18. The number of halogens is 2. The Morgan fingerprint density at radius 3 is 2.44 bits per heavy atom. The molecule has 1 atom stereocenters. The molecule has 1 N–H and O–H groups in total. The normalized spacial score (nSPS) is 13.3. The van der Waals surface area contributed by atoms with Crippen molar-refractivity contribution < 1.29 is 0 Å². The zero-order valence-electron chi connectivity index (χ0n) is 10.3. The average molecular weight is 327 g/mol. The monoisotopic (exact) mass is 325 g/mol. The van der Waals surface area contributed by atoms with Gasteiger partial charge in [0.15, 0.2) is 0 Å². The molecule has 16 heavy (non-hydrogen) atoms. The SMILES string of the molecule is CCC(NCc1csc(Br)c1)C(C)(C)C.Cl. The minimum absolute atomic E-state index is 0. The summed E-state index contributed by atoms with van der Waals surface area (Å²) in [6.07, 6.45) is 1.18. The molecule has 1 unspecified atom stereocenters. The highest BCUT2D eigenvalue weighted by Gasteiger charge is 2.21. The van der Waals surface area contributed by atoms with Crippen LogP contribution in [0.1, 0.15) is 39.7 Å². The summed E-state index contributed by atoms with van der Waals surface area (Å²) in [5.74, 6) is 0. The first-order valence-corrected chi connectivity index (χ1v) is 7.07. The molecule has 0 aromatic carbocycles. The lowest BCUT2D eigenvalue weighted by molar-refractivity contribution is 0.260. The Hall–Kier alpha value is 0.430. The van der Waals surface area contributed by atoms with Gasteiger partial charge in [-0.25, -0.2) is 0 Å². The third kappa shape index (κ3) is 5.17. The molecule has 0 saturated carbocycles. The van der Waals surface area contributed by atoms with Crippen molar-refractivity contribution >= 4 is 39.7 Å². The minimum Gasteiger partial charge on any atom is -0.309 e. The molecular formula is C12H21BrClNS. The van der Waals surface area contributed by atoms with Crippen molar-refractivity contribution in [3.05, 3.63) is 20.8 Å². The Morgan fingerprint density at radius 2 is 2.06 bits per heavy atom. The molecule has 0 bridgehead atoms. The van der Waals surface area contributed by atoms with E-state index in [0.717, 1.165) is 6.54 Å². The van der Waals surface area contributed by atoms with E-state index in [4.69, 9.17) is 0 Å². The van der Waals surface area contributed by atoms with Gasteiger partial charge < -0.3 is 5.32 Å². The summed E-state index contributed by atoms with van der Waals surface area (Å²) in [6, 6.07) is 2.77. The summed E-state index contributed by atoms with van der Waals surface area (Å²) in [5.41, 5.74) is 1.71. The van der Waals surface area contributed by atoms with E-state index in [2.05, 4.69) is 60.4 Å². The van der Waals surface area contributed by atoms with E-state index in [9.17, 15) is 0 Å². The molecule has 0 saturated heterocycles. The first-order chi connectivity index (χ1) is 6.93. The predicted molar refractivity (Wildman–Crippen MR) is 79.6 cm³/mol. The molecule has 0 aliphatic heterocycles. The van der Waals surface area contributed by atoms with Crippen LogP contribution in [0.15, 0.2) is 15.2 Å². The van der Waals surface area contributed by atoms with Crippen LogP contribution in [0.5, 0.6) is 0 Å². The Bertz CT molecular complexity index is 306. The van der Waals surface area contributed by atoms with Gasteiger partial charge in [0.25, 0.3) is 0 Å². The lowest BCUT2D eigenvalue weighted by Crippen LogP contribution is -2.39. The summed E-state index contributed by atoms with van der Waals surface area (Å²) in [4.78, 5) is 0. The van der Waals surface area contributed by atoms with Gasteiger partial charge in [0.1, 0.15) is 0 Å². The predicted octanol–water partition coefficient (Wildman–Crippen LogP) is 4.85. The second-order valence-electron chi connectivity index (χ2n) is 4.97. The van der Waals surface area contributed by atoms with Crippen molar-refractivity contribution in [1.82, 2.24) is 5.32 Å². The maximum atomic E-state index is 3.62. The fourth-order valence-electron chi connectivity index (χ4n) is 1.74. The van der Waals surface area contributed by atoms with Crippen LogP contribution in [0.4, 0.5) is 0 Å². The Labute approximate surface area is 118 Å². The quantitative estimate of drug-likeness (QED) is 0.834. The second-order valence-corrected chi connectivity index (χ2v) is 7.26. The van der Waals surface area contributed by atoms with Crippen molar-refractivity contribution in [1.29, 1.82) is 0 Å². The van der Waals surface area contributed by atoms with Gasteiger partial charge in [-0.1, -0.05) is 27.7 Å². The average Bonchev–Trinajstić information content (AvgIpc) is 2.50. The van der Waals surface area contributed by atoms with Gasteiger partial charge in [-0.3, -0.25) is 0 Å². The van der Waals surface area contributed by atoms with E-state index in [0.29, 0.717) is 11.5 Å². The van der Waals surface area contributed by atoms with Gasteiger partial charge in [-0.05, 0) is 44.8 Å². The standard InChI is InChI=1S/C12H20BrNS.ClH/c1-5-10(12(2,3)4)14-7-9-6-11(13)15-8-9;/h6,8,10,14H,5,7H2,1-4H3;1H. The maximum Gasteiger partial charge on any atom is 0.0701 e. The van der Waals surface area contributed by atoms with Crippen LogP contribution in [-0.2, 0) is 6.54 Å². The van der Waals surface area contributed by atoms with Crippen molar-refractivity contribution in [2.24, 2.45) is 5.41 Å². The largest absolute Gasteiger partial charge is 0.309 e. The molecular weight excluding hydrogens is 306 g/mol. The van der Waals surface area contributed by atoms with E-state index < -0.39 is 0 Å². The maximum absolute atomic E-state index is 3.62. The van der Waals surface area contributed by atoms with Gasteiger partial charge in [-0.2, -0.15) is 0 Å². The van der Waals surface area contributed by atoms with Gasteiger partial charge >= 0.3 is 0 Å². The Morgan fingerprint density at radius 1 is 1.44 bits per heavy atom. The van der Waals surface area contributed by atoms with E-state index >= 15 is 0 Å².